The molecular formula is C30H53O29P. The van der Waals surface area contributed by atoms with Gasteiger partial charge in [-0.25, -0.2) is 4.57 Å². The van der Waals surface area contributed by atoms with E-state index in [0.717, 1.165) is 0 Å². The van der Waals surface area contributed by atoms with Crippen LogP contribution in [-0.4, -0.2) is 278 Å². The molecule has 5 aliphatic heterocycles. The first-order valence-electron chi connectivity index (χ1n) is 18.4. The summed E-state index contributed by atoms with van der Waals surface area (Å²) in [5.74, 6) is 0. The van der Waals surface area contributed by atoms with E-state index in [-0.39, 0.29) is 0 Å². The number of phosphoric acid groups is 1. The number of aliphatic hydroxyl groups is 17. The van der Waals surface area contributed by atoms with Crippen molar-refractivity contribution in [2.75, 3.05) is 33.0 Å². The average Bonchev–Trinajstić information content (AvgIpc) is 3.22. The van der Waals surface area contributed by atoms with Gasteiger partial charge in [-0.3, -0.25) is 9.05 Å². The number of hydrogen-bond acceptors (Lipinski definition) is 28. The molecule has 5 heterocycles. The summed E-state index contributed by atoms with van der Waals surface area (Å²) in [5.41, 5.74) is 0. The highest BCUT2D eigenvalue weighted by Gasteiger charge is 2.54. The van der Waals surface area contributed by atoms with Gasteiger partial charge in [0.15, 0.2) is 31.5 Å². The molecule has 5 saturated heterocycles. The molecule has 5 fully saturated rings. The van der Waals surface area contributed by atoms with Gasteiger partial charge < -0.3 is 130 Å². The highest BCUT2D eigenvalue weighted by Crippen LogP contribution is 2.47. The molecule has 0 aromatic rings. The molecule has 2 unspecified atom stereocenters. The molecular weight excluding hydrogens is 855 g/mol. The normalized spacial score (nSPS) is 51.5. The van der Waals surface area contributed by atoms with Crippen molar-refractivity contribution in [2.45, 2.75) is 154 Å². The van der Waals surface area contributed by atoms with Gasteiger partial charge in [-0.1, -0.05) is 0 Å². The quantitative estimate of drug-likeness (QED) is 0.0678. The monoisotopic (exact) mass is 908 g/mol. The van der Waals surface area contributed by atoms with E-state index in [9.17, 15) is 96.3 Å². The van der Waals surface area contributed by atoms with Crippen molar-refractivity contribution in [2.24, 2.45) is 0 Å². The van der Waals surface area contributed by atoms with Gasteiger partial charge in [-0.2, -0.15) is 0 Å². The summed E-state index contributed by atoms with van der Waals surface area (Å²) in [5, 5.41) is 174. The van der Waals surface area contributed by atoms with Crippen molar-refractivity contribution >= 4 is 7.82 Å². The van der Waals surface area contributed by atoms with Crippen LogP contribution in [0.2, 0.25) is 0 Å². The summed E-state index contributed by atoms with van der Waals surface area (Å²) in [6, 6.07) is 0. The van der Waals surface area contributed by atoms with Crippen LogP contribution in [-0.2, 0) is 51.5 Å². The van der Waals surface area contributed by atoms with Crippen LogP contribution in [0.3, 0.4) is 0 Å². The van der Waals surface area contributed by atoms with E-state index in [0.29, 0.717) is 0 Å². The predicted octanol–water partition coefficient (Wildman–Crippen LogP) is -11.8. The van der Waals surface area contributed by atoms with Gasteiger partial charge in [0.1, 0.15) is 122 Å². The third-order valence-corrected chi connectivity index (χ3v) is 11.4. The number of rotatable bonds is 15. The first-order chi connectivity index (χ1) is 28.1. The molecule has 0 aromatic heterocycles. The Bertz CT molecular complexity index is 1390. The minimum atomic E-state index is -5.40. The third-order valence-electron chi connectivity index (χ3n) is 10.5. The Balaban J connectivity index is 1.30. The van der Waals surface area contributed by atoms with Gasteiger partial charge in [-0.15, -0.1) is 0 Å². The van der Waals surface area contributed by atoms with Crippen LogP contribution in [0.5, 0.6) is 0 Å². The molecule has 18 N–H and O–H groups in total. The highest BCUT2D eigenvalue weighted by molar-refractivity contribution is 7.47. The first-order valence-corrected chi connectivity index (χ1v) is 19.9. The molecule has 30 heteroatoms. The van der Waals surface area contributed by atoms with Crippen molar-refractivity contribution in [3.05, 3.63) is 0 Å². The molecule has 352 valence electrons. The van der Waals surface area contributed by atoms with Gasteiger partial charge in [0, 0.05) is 0 Å². The van der Waals surface area contributed by atoms with E-state index in [1.165, 1.54) is 0 Å². The lowest BCUT2D eigenvalue weighted by Crippen LogP contribution is -2.65. The standard InChI is InChI=1S/C30H53O29P/c31-1-6-11(33)17(39)23(45)28(54-6)58-25-20(42)15(37)10(5-52-60(48,49)59-29-24(46)18(40)12(34)7(2-32)55-29)57-30(25)51-4-9-14(36)19(41)22(44)27(56-9)50-3-8-13(35)16(38)21(43)26(47)53-8/h6-47H,1-5H2,(H,48,49)/t6-,7-,8-,9-,10-,11-,12-,13-,14-,15-,16+,17+,18+,19+,20+,21+,22+,23+,24+,25+,26?,27+,28-,29-,30+/m1/s1. The minimum absolute atomic E-state index is 0.749. The molecule has 26 atom stereocenters. The van der Waals surface area contributed by atoms with Gasteiger partial charge in [-0.05, 0) is 0 Å². The summed E-state index contributed by atoms with van der Waals surface area (Å²) in [6.45, 7) is -4.67. The maximum atomic E-state index is 12.9. The van der Waals surface area contributed by atoms with Crippen LogP contribution >= 0.6 is 7.82 Å². The summed E-state index contributed by atoms with van der Waals surface area (Å²) < 4.78 is 65.6. The number of phosphoric ester groups is 1. The lowest BCUT2D eigenvalue weighted by molar-refractivity contribution is -0.373. The van der Waals surface area contributed by atoms with Crippen LogP contribution in [0, 0.1) is 0 Å². The SMILES string of the molecule is O=P(O)(OC[C@H]1O[C@H](OC[C@H]2O[C@H](OC[C@H]3OC(O)[C@@H](O)[C@@H](O)[C@@H]3O)[C@@H](O)[C@@H](O)[C@@H]2O)[C@@H](O[C@H]2O[C@H](CO)[C@@H](O)[C@H](O)[C@@H]2O)[C@@H](O)[C@@H]1O)O[C@H]1O[C@H](CO)[C@@H](O)[C@H](O)[C@@H]1O. The van der Waals surface area contributed by atoms with Crippen molar-refractivity contribution in [3.8, 4) is 0 Å². The summed E-state index contributed by atoms with van der Waals surface area (Å²) >= 11 is 0. The zero-order valence-corrected chi connectivity index (χ0v) is 31.9. The minimum Gasteiger partial charge on any atom is -0.394 e. The Labute approximate surface area is 337 Å². The van der Waals surface area contributed by atoms with Crippen molar-refractivity contribution < 1.29 is 143 Å². The number of ether oxygens (including phenoxy) is 8. The molecule has 5 rings (SSSR count). The van der Waals surface area contributed by atoms with Crippen LogP contribution in [0.15, 0.2) is 0 Å². The Kier molecular flexibility index (Phi) is 17.5. The second kappa shape index (κ2) is 21.0. The van der Waals surface area contributed by atoms with Gasteiger partial charge in [0.2, 0.25) is 0 Å². The van der Waals surface area contributed by atoms with Crippen LogP contribution in [0.4, 0.5) is 0 Å². The van der Waals surface area contributed by atoms with Crippen LogP contribution in [0.1, 0.15) is 0 Å². The molecule has 0 saturated carbocycles. The topological polar surface area (TPSA) is 474 Å². The molecule has 5 aliphatic rings. The second-order valence-corrected chi connectivity index (χ2v) is 16.0. The highest BCUT2D eigenvalue weighted by atomic mass is 31.2. The summed E-state index contributed by atoms with van der Waals surface area (Å²) in [7, 11) is -5.40. The molecule has 0 amide bonds. The lowest BCUT2D eigenvalue weighted by atomic mass is 9.97. The van der Waals surface area contributed by atoms with E-state index in [2.05, 4.69) is 0 Å². The fourth-order valence-corrected chi connectivity index (χ4v) is 7.61. The molecule has 0 radical (unpaired) electrons. The van der Waals surface area contributed by atoms with Crippen molar-refractivity contribution in [3.63, 3.8) is 0 Å². The zero-order valence-electron chi connectivity index (χ0n) is 31.0. The Morgan fingerprint density at radius 1 is 0.400 bits per heavy atom. The zero-order chi connectivity index (χ0) is 44.5. The Hall–Kier alpha value is -0.890. The molecule has 0 spiro atoms. The molecule has 0 bridgehead atoms. The molecule has 60 heavy (non-hydrogen) atoms. The summed E-state index contributed by atoms with van der Waals surface area (Å²) in [6.07, 6.45) is -48.2. The second-order valence-electron chi connectivity index (χ2n) is 14.6. The fraction of sp³-hybridized carbons (Fsp3) is 1.00. The number of hydrogen-bond donors (Lipinski definition) is 18. The van der Waals surface area contributed by atoms with Crippen molar-refractivity contribution in [1.82, 2.24) is 0 Å². The van der Waals surface area contributed by atoms with Gasteiger partial charge in [0.05, 0.1) is 33.0 Å². The van der Waals surface area contributed by atoms with Gasteiger partial charge in [0.25, 0.3) is 0 Å². The maximum absolute atomic E-state index is 12.9. The molecule has 29 nitrogen and oxygen atoms in total. The molecule has 0 aromatic carbocycles. The largest absolute Gasteiger partial charge is 0.474 e. The maximum Gasteiger partial charge on any atom is 0.474 e. The van der Waals surface area contributed by atoms with E-state index in [1.807, 2.05) is 0 Å². The Morgan fingerprint density at radius 3 is 1.33 bits per heavy atom. The van der Waals surface area contributed by atoms with Crippen LogP contribution in [0.25, 0.3) is 0 Å². The fourth-order valence-electron chi connectivity index (χ4n) is 6.78. The average molecular weight is 909 g/mol. The van der Waals surface area contributed by atoms with E-state index >= 15 is 0 Å². The number of aliphatic hydroxyl groups excluding tert-OH is 17. The first kappa shape index (κ1) is 50.1. The summed E-state index contributed by atoms with van der Waals surface area (Å²) in [4.78, 5) is 10.4. The Morgan fingerprint density at radius 2 is 0.783 bits per heavy atom. The lowest BCUT2D eigenvalue weighted by Gasteiger charge is -2.46. The van der Waals surface area contributed by atoms with E-state index < -0.39 is 194 Å². The van der Waals surface area contributed by atoms with Crippen molar-refractivity contribution in [1.29, 1.82) is 0 Å². The third kappa shape index (κ3) is 11.0. The van der Waals surface area contributed by atoms with Crippen LogP contribution < -0.4 is 0 Å². The van der Waals surface area contributed by atoms with E-state index in [1.54, 1.807) is 0 Å². The predicted molar refractivity (Wildman–Crippen MR) is 177 cm³/mol. The van der Waals surface area contributed by atoms with E-state index in [4.69, 9.17) is 46.9 Å². The van der Waals surface area contributed by atoms with Gasteiger partial charge >= 0.3 is 7.82 Å². The molecule has 0 aliphatic carbocycles. The smallest absolute Gasteiger partial charge is 0.394 e.